The molecule has 4 fully saturated rings. The lowest BCUT2D eigenvalue weighted by molar-refractivity contribution is -0.145. The number of Topliss-reactive ketones (excluding diaryl/α,β-unsaturated/α-hetero) is 1. The minimum atomic E-state index is -1.12. The molecule has 2 aromatic carbocycles. The highest BCUT2D eigenvalue weighted by atomic mass is 32.2. The van der Waals surface area contributed by atoms with E-state index in [9.17, 15) is 38.4 Å². The zero-order valence-electron chi connectivity index (χ0n) is 47.6. The molecule has 0 saturated carbocycles. The largest absolute Gasteiger partial charge is 0.344 e. The quantitative estimate of drug-likeness (QED) is 0.117. The number of carbonyl (C=O) groups is 8. The van der Waals surface area contributed by atoms with Gasteiger partial charge in [-0.2, -0.15) is 135 Å². The first-order valence-corrected chi connectivity index (χ1v) is 27.0. The molecular formula is C54H90N8O8S12. The molecule has 82 heavy (non-hydrogen) atoms. The van der Waals surface area contributed by atoms with Crippen molar-refractivity contribution in [3.8, 4) is 23.7 Å². The first kappa shape index (κ1) is 88.4. The number of thioether (sulfide) groups is 2. The number of nitrogens with zero attached hydrogens (tertiary/aromatic N) is 2. The number of hydrogen-bond acceptors (Lipinski definition) is 11. The minimum absolute atomic E-state index is 0. The first-order chi connectivity index (χ1) is 34.3. The zero-order chi connectivity index (χ0) is 52.3. The Bertz CT molecular complexity index is 2330. The van der Waals surface area contributed by atoms with Crippen LogP contribution in [0.1, 0.15) is 110 Å². The number of nitrogens with one attached hydrogen (secondary N) is 6. The third-order valence-corrected chi connectivity index (χ3v) is 16.7. The van der Waals surface area contributed by atoms with E-state index in [1.165, 1.54) is 0 Å². The lowest BCUT2D eigenvalue weighted by Crippen LogP contribution is -2.58. The van der Waals surface area contributed by atoms with Gasteiger partial charge in [0.15, 0.2) is 0 Å². The van der Waals surface area contributed by atoms with Gasteiger partial charge in [-0.25, -0.2) is 0 Å². The van der Waals surface area contributed by atoms with Crippen LogP contribution in [0.15, 0.2) is 60.7 Å². The summed E-state index contributed by atoms with van der Waals surface area (Å²) >= 11 is 3.21. The Balaban J connectivity index is -0.00000198. The van der Waals surface area contributed by atoms with Crippen LogP contribution in [-0.4, -0.2) is 123 Å². The van der Waals surface area contributed by atoms with Crippen molar-refractivity contribution in [2.45, 2.75) is 134 Å². The van der Waals surface area contributed by atoms with E-state index in [1.54, 1.807) is 108 Å². The molecule has 28 heteroatoms. The third kappa shape index (κ3) is 22.4. The van der Waals surface area contributed by atoms with E-state index in [2.05, 4.69) is 55.6 Å². The molecule has 4 saturated heterocycles. The van der Waals surface area contributed by atoms with Crippen LogP contribution < -0.4 is 31.9 Å². The predicted molar refractivity (Wildman–Crippen MR) is 383 cm³/mol. The summed E-state index contributed by atoms with van der Waals surface area (Å²) in [6.07, 6.45) is 2.82. The number of likely N-dealkylation sites (N-methyl/N-ethyl adjacent to an activating group) is 1. The maximum Gasteiger partial charge on any atom is 0.247 e. The molecule has 6 N–H and O–H groups in total. The van der Waals surface area contributed by atoms with Crippen molar-refractivity contribution in [3.63, 3.8) is 0 Å². The summed E-state index contributed by atoms with van der Waals surface area (Å²) in [5, 5.41) is 16.8. The van der Waals surface area contributed by atoms with E-state index in [-0.39, 0.29) is 195 Å². The van der Waals surface area contributed by atoms with Crippen LogP contribution in [0.2, 0.25) is 0 Å². The Morgan fingerprint density at radius 3 is 1.41 bits per heavy atom. The lowest BCUT2D eigenvalue weighted by atomic mass is 9.83. The molecule has 466 valence electrons. The summed E-state index contributed by atoms with van der Waals surface area (Å²) in [6.45, 7) is 13.0. The number of carbonyl (C=O) groups excluding carboxylic acids is 8. The highest BCUT2D eigenvalue weighted by molar-refractivity contribution is 8.00. The van der Waals surface area contributed by atoms with Crippen LogP contribution in [-0.2, 0) is 38.4 Å². The molecule has 0 aromatic heterocycles. The predicted octanol–water partition coefficient (Wildman–Crippen LogP) is 4.96. The summed E-state index contributed by atoms with van der Waals surface area (Å²) in [4.78, 5) is 114. The minimum Gasteiger partial charge on any atom is -0.344 e. The fourth-order valence-electron chi connectivity index (χ4n) is 9.87. The number of amides is 7. The van der Waals surface area contributed by atoms with Crippen LogP contribution in [0, 0.1) is 46.3 Å². The molecule has 4 heterocycles. The Morgan fingerprint density at radius 2 is 1.01 bits per heavy atom. The number of hydrogen-bond donors (Lipinski definition) is 6. The van der Waals surface area contributed by atoms with Gasteiger partial charge < -0.3 is 41.7 Å². The topological polar surface area (TPSA) is 215 Å². The summed E-state index contributed by atoms with van der Waals surface area (Å²) in [5.41, 5.74) is -0.196. The summed E-state index contributed by atoms with van der Waals surface area (Å²) in [7, 11) is 1.70. The normalized spacial score (nSPS) is 21.6. The van der Waals surface area contributed by atoms with E-state index in [1.807, 2.05) is 41.5 Å². The van der Waals surface area contributed by atoms with Crippen molar-refractivity contribution in [3.05, 3.63) is 71.8 Å². The van der Waals surface area contributed by atoms with Gasteiger partial charge in [0.05, 0.1) is 29.9 Å². The van der Waals surface area contributed by atoms with Crippen LogP contribution in [0.5, 0.6) is 0 Å². The summed E-state index contributed by atoms with van der Waals surface area (Å²) in [6, 6.07) is 12.4. The molecule has 2 aromatic rings. The van der Waals surface area contributed by atoms with E-state index in [0.717, 1.165) is 0 Å². The molecule has 0 unspecified atom stereocenters. The zero-order valence-corrected chi connectivity index (χ0v) is 59.2. The van der Waals surface area contributed by atoms with Crippen molar-refractivity contribution in [2.75, 3.05) is 31.6 Å². The maximum absolute atomic E-state index is 14.4. The SMILES string of the molecule is CC[C@@H](C)C(=O)N[C@H]1CCS[C@H]2CC(C)(C)[C@@H](C(=O)N[C@H](C(=O)NCC#CC#CCNC(=O)[C@@H](NC(=O)[C@H]3N4C(=O)[C@@H](CC(=O)[C@H](C)NC)CCS[C@H]4CC3(C)C)c3ccccc3)c3ccccc3)N2C1=O.S.S.S.S.S.S.S.S.S.S. The van der Waals surface area contributed by atoms with Gasteiger partial charge in [0.1, 0.15) is 36.0 Å². The number of rotatable bonds is 17. The van der Waals surface area contributed by atoms with Gasteiger partial charge in [-0.15, -0.1) is 23.5 Å². The second-order valence-corrected chi connectivity index (χ2v) is 23.0. The summed E-state index contributed by atoms with van der Waals surface area (Å²) in [5.74, 6) is 8.68. The molecule has 4 aliphatic heterocycles. The summed E-state index contributed by atoms with van der Waals surface area (Å²) < 4.78 is 0. The maximum atomic E-state index is 14.4. The molecule has 0 aliphatic carbocycles. The van der Waals surface area contributed by atoms with Crippen LogP contribution in [0.3, 0.4) is 0 Å². The molecule has 7 amide bonds. The Labute approximate surface area is 564 Å². The van der Waals surface area contributed by atoms with Crippen LogP contribution in [0.25, 0.3) is 0 Å². The molecule has 0 bridgehead atoms. The fourth-order valence-corrected chi connectivity index (χ4v) is 13.1. The monoisotopic (exact) mass is 1360 g/mol. The van der Waals surface area contributed by atoms with E-state index in [0.29, 0.717) is 54.7 Å². The Hall–Kier alpha value is -2.32. The van der Waals surface area contributed by atoms with Crippen molar-refractivity contribution in [2.24, 2.45) is 22.7 Å². The molecular weight excluding hydrogens is 1270 g/mol. The Morgan fingerprint density at radius 1 is 0.610 bits per heavy atom. The van der Waals surface area contributed by atoms with Gasteiger partial charge in [0.2, 0.25) is 41.4 Å². The van der Waals surface area contributed by atoms with Crippen molar-refractivity contribution in [1.82, 2.24) is 41.7 Å². The number of fused-ring (bicyclic) bond motifs is 2. The molecule has 10 atom stereocenters. The Kier molecular flexibility index (Phi) is 44.2. The van der Waals surface area contributed by atoms with Gasteiger partial charge in [-0.3, -0.25) is 38.4 Å². The van der Waals surface area contributed by atoms with Crippen molar-refractivity contribution < 1.29 is 38.4 Å². The fraction of sp³-hybridized carbons (Fsp3) is 0.556. The first-order valence-electron chi connectivity index (χ1n) is 24.9. The second kappa shape index (κ2) is 40.9. The lowest BCUT2D eigenvalue weighted by Gasteiger charge is -2.35. The van der Waals surface area contributed by atoms with E-state index in [4.69, 9.17) is 0 Å². The molecule has 0 radical (unpaired) electrons. The van der Waals surface area contributed by atoms with E-state index < -0.39 is 76.6 Å². The smallest absolute Gasteiger partial charge is 0.247 e. The van der Waals surface area contributed by atoms with Gasteiger partial charge >= 0.3 is 0 Å². The van der Waals surface area contributed by atoms with Crippen molar-refractivity contribution >= 4 is 206 Å². The van der Waals surface area contributed by atoms with Gasteiger partial charge in [-0.1, -0.05) is 114 Å². The molecule has 16 nitrogen and oxygen atoms in total. The van der Waals surface area contributed by atoms with Gasteiger partial charge in [-0.05, 0) is 91.4 Å². The van der Waals surface area contributed by atoms with Gasteiger partial charge in [0, 0.05) is 18.3 Å². The van der Waals surface area contributed by atoms with Crippen LogP contribution in [0.4, 0.5) is 0 Å². The molecule has 4 aliphatic rings. The second-order valence-electron chi connectivity index (χ2n) is 20.4. The highest BCUT2D eigenvalue weighted by Crippen LogP contribution is 2.48. The van der Waals surface area contributed by atoms with Crippen molar-refractivity contribution in [1.29, 1.82) is 0 Å². The molecule has 6 rings (SSSR count). The number of benzene rings is 2. The number of ketones is 1. The van der Waals surface area contributed by atoms with Gasteiger partial charge in [0.25, 0.3) is 0 Å². The highest BCUT2D eigenvalue weighted by Gasteiger charge is 2.56. The molecule has 0 spiro atoms. The third-order valence-electron chi connectivity index (χ3n) is 14.2. The van der Waals surface area contributed by atoms with E-state index >= 15 is 0 Å². The standard InChI is InChI=1S/C54H70N8O8S2.10H2S/c1-9-33(2)46(64)58-38-25-29-72-41-32-54(6,7)45(62(41)52(38)70)50(68)60-43(36-22-16-13-17-23-36)48(66)57-27-19-11-10-18-26-56-47(65)42(35-20-14-12-15-21-35)59-49(67)44-53(4,5)31-40-61(44)51(69)37(24-28-71-40)30-39(63)34(3)55-8;;;;;;;;;;/h12-17,20-23,33-34,37-38,40-45,55H,9,24-32H2,1-8H3,(H,56,65)(H,57,66)(H,58,64)(H,59,67)(H,60,68);10*1H2/t33-,34+,37-,38+,40+,41+,42+,43+,44-,45-;;;;;;;;;;/m1........../s1. The average molecular weight is 1360 g/mol. The average Bonchev–Trinajstić information content (AvgIpc) is 3.68. The van der Waals surface area contributed by atoms with Crippen LogP contribution >= 0.6 is 158 Å².